The van der Waals surface area contributed by atoms with E-state index in [1.807, 2.05) is 26.2 Å². The van der Waals surface area contributed by atoms with Gasteiger partial charge in [0.2, 0.25) is 0 Å². The second-order valence-electron chi connectivity index (χ2n) is 7.73. The second-order valence-corrected chi connectivity index (χ2v) is 7.73. The smallest absolute Gasteiger partial charge is 0.253 e. The van der Waals surface area contributed by atoms with Gasteiger partial charge in [0.05, 0.1) is 0 Å². The van der Waals surface area contributed by atoms with Crippen LogP contribution in [-0.2, 0) is 12.6 Å². The molecule has 1 aromatic carbocycles. The van der Waals surface area contributed by atoms with Crippen LogP contribution in [0.2, 0.25) is 0 Å². The molecule has 4 nitrogen and oxygen atoms in total. The van der Waals surface area contributed by atoms with Crippen LogP contribution in [0.1, 0.15) is 24.0 Å². The fourth-order valence-electron chi connectivity index (χ4n) is 4.15. The summed E-state index contributed by atoms with van der Waals surface area (Å²) in [6.07, 6.45) is 4.47. The third-order valence-electron chi connectivity index (χ3n) is 5.95. The lowest BCUT2D eigenvalue weighted by Gasteiger charge is -2.38. The van der Waals surface area contributed by atoms with E-state index in [2.05, 4.69) is 41.1 Å². The van der Waals surface area contributed by atoms with Gasteiger partial charge in [-0.05, 0) is 49.6 Å². The average molecular weight is 337 g/mol. The van der Waals surface area contributed by atoms with Gasteiger partial charge < -0.3 is 9.47 Å². The fraction of sp³-hybridized carbons (Fsp3) is 0.476. The number of benzene rings is 1. The van der Waals surface area contributed by atoms with Crippen LogP contribution in [-0.4, -0.2) is 47.6 Å². The first-order valence-corrected chi connectivity index (χ1v) is 9.21. The minimum atomic E-state index is 0.0763. The van der Waals surface area contributed by atoms with Crippen LogP contribution < -0.4 is 5.56 Å². The molecule has 1 aromatic heterocycles. The minimum Gasteiger partial charge on any atom is -0.318 e. The Labute approximate surface area is 149 Å². The average Bonchev–Trinajstić information content (AvgIpc) is 3.42. The summed E-state index contributed by atoms with van der Waals surface area (Å²) in [6.45, 7) is 6.54. The van der Waals surface area contributed by atoms with Gasteiger partial charge in [-0.15, -0.1) is 0 Å². The summed E-state index contributed by atoms with van der Waals surface area (Å²) in [5, 5.41) is 0. The zero-order valence-electron chi connectivity index (χ0n) is 15.5. The van der Waals surface area contributed by atoms with Crippen LogP contribution >= 0.6 is 0 Å². The Kier molecular flexibility index (Phi) is 4.05. The summed E-state index contributed by atoms with van der Waals surface area (Å²) in [5.41, 5.74) is 4.88. The Hall–Kier alpha value is -1.91. The quantitative estimate of drug-likeness (QED) is 0.862. The molecule has 0 spiro atoms. The number of hydrogen-bond donors (Lipinski definition) is 0. The van der Waals surface area contributed by atoms with Crippen molar-refractivity contribution in [2.24, 2.45) is 7.05 Å². The van der Waals surface area contributed by atoms with Crippen LogP contribution in [0, 0.1) is 6.92 Å². The van der Waals surface area contributed by atoms with Crippen LogP contribution in [0.4, 0.5) is 0 Å². The van der Waals surface area contributed by atoms with E-state index < -0.39 is 0 Å². The van der Waals surface area contributed by atoms with Crippen molar-refractivity contribution in [3.8, 4) is 11.1 Å². The molecule has 0 bridgehead atoms. The first-order chi connectivity index (χ1) is 12.0. The zero-order valence-corrected chi connectivity index (χ0v) is 15.5. The molecular weight excluding hydrogens is 310 g/mol. The summed E-state index contributed by atoms with van der Waals surface area (Å²) < 4.78 is 1.67. The van der Waals surface area contributed by atoms with Crippen molar-refractivity contribution < 1.29 is 0 Å². The van der Waals surface area contributed by atoms with Crippen LogP contribution in [0.15, 0.2) is 41.3 Å². The number of nitrogens with zero attached hydrogens (tertiary/aromatic N) is 3. The molecule has 2 aliphatic rings. The van der Waals surface area contributed by atoms with Gasteiger partial charge in [0.25, 0.3) is 5.56 Å². The molecule has 2 fully saturated rings. The summed E-state index contributed by atoms with van der Waals surface area (Å²) in [7, 11) is 4.03. The summed E-state index contributed by atoms with van der Waals surface area (Å²) in [6, 6.07) is 11.0. The Bertz CT molecular complexity index is 799. The predicted octanol–water partition coefficient (Wildman–Crippen LogP) is 2.60. The second kappa shape index (κ2) is 6.11. The molecule has 2 heterocycles. The van der Waals surface area contributed by atoms with E-state index in [-0.39, 0.29) is 11.1 Å². The minimum absolute atomic E-state index is 0.0763. The van der Waals surface area contributed by atoms with Crippen molar-refractivity contribution in [2.75, 3.05) is 33.2 Å². The van der Waals surface area contributed by atoms with Crippen LogP contribution in [0.5, 0.6) is 0 Å². The van der Waals surface area contributed by atoms with Gasteiger partial charge >= 0.3 is 0 Å². The third kappa shape index (κ3) is 2.94. The van der Waals surface area contributed by atoms with Gasteiger partial charge in [0.15, 0.2) is 0 Å². The molecular formula is C21H27N3O. The number of likely N-dealkylation sites (N-methyl/N-ethyl adjacent to an activating group) is 1. The third-order valence-corrected chi connectivity index (χ3v) is 5.95. The number of aryl methyl sites for hydroxylation is 2. The topological polar surface area (TPSA) is 28.5 Å². The van der Waals surface area contributed by atoms with E-state index in [0.29, 0.717) is 0 Å². The van der Waals surface area contributed by atoms with Crippen molar-refractivity contribution in [3.05, 3.63) is 58.0 Å². The van der Waals surface area contributed by atoms with Crippen molar-refractivity contribution in [1.82, 2.24) is 14.4 Å². The number of hydrogen-bond acceptors (Lipinski definition) is 3. The lowest BCUT2D eigenvalue weighted by atomic mass is 9.98. The number of rotatable bonds is 3. The molecule has 132 valence electrons. The van der Waals surface area contributed by atoms with Crippen molar-refractivity contribution in [3.63, 3.8) is 0 Å². The highest BCUT2D eigenvalue weighted by Crippen LogP contribution is 2.51. The summed E-state index contributed by atoms with van der Waals surface area (Å²) >= 11 is 0. The SMILES string of the molecule is Cc1cc(-c2ccc(C3(N4CCN(C)CC4)CC3)cc2)cn(C)c1=O. The van der Waals surface area contributed by atoms with Gasteiger partial charge in [-0.2, -0.15) is 0 Å². The van der Waals surface area contributed by atoms with Gasteiger partial charge in [0, 0.05) is 50.5 Å². The maximum atomic E-state index is 11.9. The molecule has 0 radical (unpaired) electrons. The molecule has 1 saturated heterocycles. The number of aromatic nitrogens is 1. The molecule has 1 saturated carbocycles. The summed E-state index contributed by atoms with van der Waals surface area (Å²) in [4.78, 5) is 17.0. The molecule has 2 aromatic rings. The summed E-state index contributed by atoms with van der Waals surface area (Å²) in [5.74, 6) is 0. The van der Waals surface area contributed by atoms with E-state index in [1.165, 1.54) is 24.0 Å². The van der Waals surface area contributed by atoms with Crippen molar-refractivity contribution in [1.29, 1.82) is 0 Å². The number of piperazine rings is 1. The Balaban J connectivity index is 1.59. The lowest BCUT2D eigenvalue weighted by Crippen LogP contribution is -2.49. The van der Waals surface area contributed by atoms with Gasteiger partial charge in [-0.1, -0.05) is 24.3 Å². The highest BCUT2D eigenvalue weighted by Gasteiger charge is 2.49. The Morgan fingerprint density at radius 1 is 0.920 bits per heavy atom. The normalized spacial score (nSPS) is 20.6. The monoisotopic (exact) mass is 337 g/mol. The Morgan fingerprint density at radius 3 is 2.12 bits per heavy atom. The van der Waals surface area contributed by atoms with Gasteiger partial charge in [0.1, 0.15) is 0 Å². The highest BCUT2D eigenvalue weighted by atomic mass is 16.1. The standard InChI is InChI=1S/C21H27N3O/c1-16-14-18(15-23(3)20(16)25)17-4-6-19(7-5-17)21(8-9-21)24-12-10-22(2)11-13-24/h4-7,14-15H,8-13H2,1-3H3. The molecule has 0 atom stereocenters. The first-order valence-electron chi connectivity index (χ1n) is 9.21. The first kappa shape index (κ1) is 16.6. The maximum absolute atomic E-state index is 11.9. The van der Waals surface area contributed by atoms with Crippen molar-refractivity contribution in [2.45, 2.75) is 25.3 Å². The molecule has 4 rings (SSSR count). The van der Waals surface area contributed by atoms with E-state index in [9.17, 15) is 4.79 Å². The largest absolute Gasteiger partial charge is 0.318 e. The molecule has 1 aliphatic heterocycles. The highest BCUT2D eigenvalue weighted by molar-refractivity contribution is 5.63. The molecule has 0 N–H and O–H groups in total. The van der Waals surface area contributed by atoms with E-state index >= 15 is 0 Å². The van der Waals surface area contributed by atoms with E-state index in [0.717, 1.165) is 37.3 Å². The maximum Gasteiger partial charge on any atom is 0.253 e. The van der Waals surface area contributed by atoms with Crippen molar-refractivity contribution >= 4 is 0 Å². The van der Waals surface area contributed by atoms with Gasteiger partial charge in [-0.25, -0.2) is 0 Å². The molecule has 4 heteroatoms. The molecule has 0 amide bonds. The lowest BCUT2D eigenvalue weighted by molar-refractivity contribution is 0.0976. The molecule has 25 heavy (non-hydrogen) atoms. The molecule has 1 aliphatic carbocycles. The predicted molar refractivity (Wildman–Crippen MR) is 102 cm³/mol. The van der Waals surface area contributed by atoms with E-state index in [1.54, 1.807) is 4.57 Å². The van der Waals surface area contributed by atoms with Crippen LogP contribution in [0.25, 0.3) is 11.1 Å². The fourth-order valence-corrected chi connectivity index (χ4v) is 4.15. The zero-order chi connectivity index (χ0) is 17.6. The van der Waals surface area contributed by atoms with E-state index in [4.69, 9.17) is 0 Å². The molecule has 0 unspecified atom stereocenters. The Morgan fingerprint density at radius 2 is 1.56 bits per heavy atom. The van der Waals surface area contributed by atoms with Crippen LogP contribution in [0.3, 0.4) is 0 Å². The number of pyridine rings is 1. The van der Waals surface area contributed by atoms with Gasteiger partial charge in [-0.3, -0.25) is 9.69 Å².